The quantitative estimate of drug-likeness (QED) is 0.230. The average molecular weight is 431 g/mol. The Morgan fingerprint density at radius 2 is 1.18 bits per heavy atom. The summed E-state index contributed by atoms with van der Waals surface area (Å²) in [5.41, 5.74) is 14.7. The van der Waals surface area contributed by atoms with Gasteiger partial charge in [0.2, 0.25) is 0 Å². The molecule has 1 aliphatic rings. The van der Waals surface area contributed by atoms with Crippen molar-refractivity contribution in [2.45, 2.75) is 6.54 Å². The molecule has 2 rings (SSSR count). The molecule has 1 aromatic rings. The maximum atomic E-state index is 10.9. The summed E-state index contributed by atoms with van der Waals surface area (Å²) in [6, 6.07) is 10.0. The fourth-order valence-electron chi connectivity index (χ4n) is 2.87. The van der Waals surface area contributed by atoms with E-state index in [1.807, 2.05) is 30.3 Å². The smallest absolute Gasteiger partial charge is 0.549 e. The molecule has 28 heavy (non-hydrogen) atoms. The van der Waals surface area contributed by atoms with Crippen LogP contribution in [0.4, 0.5) is 0 Å². The number of carbonyl (C=O) groups is 2. The van der Waals surface area contributed by atoms with E-state index < -0.39 is 11.9 Å². The summed E-state index contributed by atoms with van der Waals surface area (Å²) in [7, 11) is 0. The SMILES string of the molecule is O=C([O-])CN1CCN(CC(=O)[O-])CCN(Cc2ccccc2)CC1.[Fe+6].[N-]=[N+]=[N-]. The molecule has 0 spiro atoms. The van der Waals surface area contributed by atoms with E-state index in [4.69, 9.17) is 11.1 Å². The molecule has 0 aliphatic carbocycles. The molecule has 0 unspecified atom stereocenters. The molecule has 1 heterocycles. The van der Waals surface area contributed by atoms with E-state index >= 15 is 0 Å². The molecule has 1 saturated heterocycles. The van der Waals surface area contributed by atoms with Crippen LogP contribution in [0.3, 0.4) is 0 Å². The molecule has 0 bridgehead atoms. The monoisotopic (exact) mass is 431 g/mol. The first-order valence-corrected chi connectivity index (χ1v) is 8.53. The zero-order chi connectivity index (χ0) is 20.1. The van der Waals surface area contributed by atoms with Crippen LogP contribution in [0.2, 0.25) is 0 Å². The van der Waals surface area contributed by atoms with Crippen LogP contribution in [0.15, 0.2) is 30.3 Å². The standard InChI is InChI=1S/C17H25N3O4.Fe.N3/c21-16(22)13-19-8-6-18(12-15-4-2-1-3-5-15)7-9-20(11-10-19)14-17(23)24;;1-3-2/h1-5H,6-14H2,(H,21,22)(H,23,24);;/q;+6;-1/p-2. The molecule has 0 aromatic heterocycles. The van der Waals surface area contributed by atoms with Crippen LogP contribution in [0, 0.1) is 0 Å². The van der Waals surface area contributed by atoms with E-state index in [0.29, 0.717) is 26.2 Å². The van der Waals surface area contributed by atoms with Gasteiger partial charge in [-0.15, -0.1) is 0 Å². The van der Waals surface area contributed by atoms with E-state index in [0.717, 1.165) is 19.6 Å². The number of benzene rings is 1. The summed E-state index contributed by atoms with van der Waals surface area (Å²) in [6.07, 6.45) is 0. The Morgan fingerprint density at radius 3 is 1.54 bits per heavy atom. The van der Waals surface area contributed by atoms with Crippen molar-refractivity contribution in [2.75, 3.05) is 52.4 Å². The molecule has 0 saturated carbocycles. The Balaban J connectivity index is 0.00000171. The Hall–Kier alpha value is -2.13. The van der Waals surface area contributed by atoms with Crippen LogP contribution >= 0.6 is 0 Å². The minimum Gasteiger partial charge on any atom is -0.549 e. The summed E-state index contributed by atoms with van der Waals surface area (Å²) in [4.78, 5) is 29.1. The number of carboxylic acids is 2. The van der Waals surface area contributed by atoms with Crippen LogP contribution in [-0.2, 0) is 33.2 Å². The first-order chi connectivity index (χ1) is 12.9. The molecule has 0 radical (unpaired) electrons. The van der Waals surface area contributed by atoms with Gasteiger partial charge in [0.1, 0.15) is 0 Å². The third kappa shape index (κ3) is 11.6. The summed E-state index contributed by atoms with van der Waals surface area (Å²) >= 11 is 0. The maximum Gasteiger partial charge on any atom is 6.00 e. The van der Waals surface area contributed by atoms with Crippen molar-refractivity contribution in [3.8, 4) is 0 Å². The molecule has 150 valence electrons. The van der Waals surface area contributed by atoms with E-state index in [-0.39, 0.29) is 30.2 Å². The van der Waals surface area contributed by atoms with Crippen molar-refractivity contribution in [1.29, 1.82) is 0 Å². The van der Waals surface area contributed by atoms with Gasteiger partial charge in [-0.25, -0.2) is 0 Å². The third-order valence-electron chi connectivity index (χ3n) is 4.15. The molecule has 11 heteroatoms. The number of aliphatic carboxylic acids is 2. The van der Waals surface area contributed by atoms with Gasteiger partial charge in [0.15, 0.2) is 0 Å². The van der Waals surface area contributed by atoms with Crippen molar-refractivity contribution in [2.24, 2.45) is 0 Å². The fraction of sp³-hybridized carbons (Fsp3) is 0.529. The molecule has 1 aromatic carbocycles. The topological polar surface area (TPSA) is 149 Å². The summed E-state index contributed by atoms with van der Waals surface area (Å²) in [5, 5.41) is 21.8. The van der Waals surface area contributed by atoms with Gasteiger partial charge in [-0.05, 0) is 5.56 Å². The summed E-state index contributed by atoms with van der Waals surface area (Å²) in [5.74, 6) is -2.23. The second-order valence-corrected chi connectivity index (χ2v) is 6.15. The second kappa shape index (κ2) is 14.9. The predicted molar refractivity (Wildman–Crippen MR) is 94.7 cm³/mol. The molecule has 10 nitrogen and oxygen atoms in total. The van der Waals surface area contributed by atoms with Gasteiger partial charge in [-0.1, -0.05) is 30.3 Å². The molecule has 0 atom stereocenters. The van der Waals surface area contributed by atoms with Crippen molar-refractivity contribution >= 4 is 11.9 Å². The van der Waals surface area contributed by atoms with Gasteiger partial charge >= 0.3 is 17.1 Å². The Bertz CT molecular complexity index is 599. The van der Waals surface area contributed by atoms with Gasteiger partial charge in [0.25, 0.3) is 0 Å². The van der Waals surface area contributed by atoms with Gasteiger partial charge < -0.3 is 30.9 Å². The number of nitrogens with zero attached hydrogens (tertiary/aromatic N) is 6. The van der Waals surface area contributed by atoms with Gasteiger partial charge in [0.05, 0.1) is 11.9 Å². The van der Waals surface area contributed by atoms with Crippen LogP contribution in [0.5, 0.6) is 0 Å². The van der Waals surface area contributed by atoms with E-state index in [9.17, 15) is 19.8 Å². The fourth-order valence-corrected chi connectivity index (χ4v) is 2.87. The molecule has 1 aliphatic heterocycles. The van der Waals surface area contributed by atoms with Crippen molar-refractivity contribution < 1.29 is 36.9 Å². The van der Waals surface area contributed by atoms with Crippen molar-refractivity contribution in [3.63, 3.8) is 0 Å². The van der Waals surface area contributed by atoms with Crippen LogP contribution in [-0.4, -0.2) is 79.0 Å². The Morgan fingerprint density at radius 1 is 0.821 bits per heavy atom. The molecular weight excluding hydrogens is 408 g/mol. The number of rotatable bonds is 6. The van der Waals surface area contributed by atoms with Gasteiger partial charge in [-0.2, -0.15) is 0 Å². The number of hydrogen-bond donors (Lipinski definition) is 0. The average Bonchev–Trinajstić information content (AvgIpc) is 2.69. The predicted octanol–water partition coefficient (Wildman–Crippen LogP) is -1.53. The van der Waals surface area contributed by atoms with Crippen molar-refractivity contribution in [3.05, 3.63) is 51.9 Å². The second-order valence-electron chi connectivity index (χ2n) is 6.15. The maximum absolute atomic E-state index is 10.9. The zero-order valence-electron chi connectivity index (χ0n) is 15.4. The largest absolute Gasteiger partial charge is 6.00 e. The van der Waals surface area contributed by atoms with Crippen LogP contribution < -0.4 is 10.2 Å². The minimum absolute atomic E-state index is 0. The number of carboxylic acid groups (broad SMARTS) is 2. The van der Waals surface area contributed by atoms with E-state index in [1.54, 1.807) is 9.80 Å². The Labute approximate surface area is 174 Å². The zero-order valence-corrected chi connectivity index (χ0v) is 16.5. The van der Waals surface area contributed by atoms with Crippen molar-refractivity contribution in [1.82, 2.24) is 14.7 Å². The molecule has 1 fully saturated rings. The molecule has 0 amide bonds. The third-order valence-corrected chi connectivity index (χ3v) is 4.15. The van der Waals surface area contributed by atoms with Crippen LogP contribution in [0.25, 0.3) is 16.0 Å². The van der Waals surface area contributed by atoms with Gasteiger partial charge in [0, 0.05) is 58.9 Å². The number of hydrogen-bond acceptors (Lipinski definition) is 7. The minimum atomic E-state index is -1.12. The summed E-state index contributed by atoms with van der Waals surface area (Å²) < 4.78 is 0. The van der Waals surface area contributed by atoms with Gasteiger partial charge in [-0.3, -0.25) is 19.6 Å². The molecule has 0 N–H and O–H groups in total. The first kappa shape index (κ1) is 25.9. The van der Waals surface area contributed by atoms with E-state index in [1.165, 1.54) is 10.5 Å². The normalized spacial score (nSPS) is 16.1. The van der Waals surface area contributed by atoms with E-state index in [2.05, 4.69) is 4.90 Å². The number of carbonyl (C=O) groups excluding carboxylic acids is 2. The molecular formula is C17H23FeN6O4+3. The van der Waals surface area contributed by atoms with Crippen LogP contribution in [0.1, 0.15) is 5.56 Å². The Kier molecular flexibility index (Phi) is 13.7. The first-order valence-electron chi connectivity index (χ1n) is 8.53. The summed E-state index contributed by atoms with van der Waals surface area (Å²) in [6.45, 7) is 4.14.